The largest absolute Gasteiger partial charge is 0.342 e. The van der Waals surface area contributed by atoms with Crippen LogP contribution in [0, 0.1) is 16.7 Å². The van der Waals surface area contributed by atoms with E-state index in [2.05, 4.69) is 16.7 Å². The number of fused-ring (bicyclic) bond motifs is 2. The molecule has 0 unspecified atom stereocenters. The smallest absolute Gasteiger partial charge is 0.230 e. The number of piperidine rings is 1. The summed E-state index contributed by atoms with van der Waals surface area (Å²) in [4.78, 5) is 18.3. The van der Waals surface area contributed by atoms with Gasteiger partial charge < -0.3 is 9.80 Å². The summed E-state index contributed by atoms with van der Waals surface area (Å²) in [6.07, 6.45) is 7.95. The number of sulfonamides is 1. The van der Waals surface area contributed by atoms with Gasteiger partial charge in [-0.3, -0.25) is 4.79 Å². The number of rotatable bonds is 4. The summed E-state index contributed by atoms with van der Waals surface area (Å²) in [6, 6.07) is 0. The van der Waals surface area contributed by atoms with Gasteiger partial charge >= 0.3 is 0 Å². The Kier molecular flexibility index (Phi) is 4.60. The van der Waals surface area contributed by atoms with E-state index in [0.29, 0.717) is 24.9 Å². The molecule has 0 bridgehead atoms. The second-order valence-electron chi connectivity index (χ2n) is 10.0. The molecule has 1 spiro atoms. The summed E-state index contributed by atoms with van der Waals surface area (Å²) in [5, 5.41) is -0.108. The van der Waals surface area contributed by atoms with Crippen LogP contribution in [0.4, 0.5) is 0 Å². The molecule has 1 amide bonds. The Morgan fingerprint density at radius 2 is 1.68 bits per heavy atom. The number of carbonyl (C=O) groups excluding carboxylic acids is 1. The molecule has 0 aromatic rings. The lowest BCUT2D eigenvalue weighted by Crippen LogP contribution is -2.50. The van der Waals surface area contributed by atoms with Crippen molar-refractivity contribution < 1.29 is 13.2 Å². The van der Waals surface area contributed by atoms with E-state index in [9.17, 15) is 13.2 Å². The minimum absolute atomic E-state index is 0.108. The molecule has 28 heavy (non-hydrogen) atoms. The van der Waals surface area contributed by atoms with Crippen molar-refractivity contribution >= 4 is 15.9 Å². The Hall–Kier alpha value is -0.660. The molecule has 5 fully saturated rings. The minimum atomic E-state index is -3.07. The Balaban J connectivity index is 1.37. The van der Waals surface area contributed by atoms with Crippen LogP contribution in [0.5, 0.6) is 0 Å². The van der Waals surface area contributed by atoms with E-state index in [4.69, 9.17) is 0 Å². The van der Waals surface area contributed by atoms with Gasteiger partial charge in [0.15, 0.2) is 0 Å². The normalized spacial score (nSPS) is 36.3. The molecule has 5 aliphatic rings. The summed E-state index contributed by atoms with van der Waals surface area (Å²) >= 11 is 0. The fourth-order valence-corrected chi connectivity index (χ4v) is 8.69. The zero-order valence-corrected chi connectivity index (χ0v) is 18.1. The van der Waals surface area contributed by atoms with Crippen LogP contribution in [0.15, 0.2) is 0 Å². The predicted molar refractivity (Wildman–Crippen MR) is 108 cm³/mol. The summed E-state index contributed by atoms with van der Waals surface area (Å²) < 4.78 is 27.1. The lowest BCUT2D eigenvalue weighted by Gasteiger charge is -2.44. The number of hydrogen-bond donors (Lipinski definition) is 0. The van der Waals surface area contributed by atoms with Gasteiger partial charge in [-0.25, -0.2) is 12.7 Å². The molecule has 2 saturated carbocycles. The zero-order chi connectivity index (χ0) is 19.6. The lowest BCUT2D eigenvalue weighted by atomic mass is 9.66. The molecule has 2 aliphatic carbocycles. The van der Waals surface area contributed by atoms with Crippen LogP contribution in [0.1, 0.15) is 58.3 Å². The van der Waals surface area contributed by atoms with Crippen LogP contribution in [0.25, 0.3) is 0 Å². The zero-order valence-electron chi connectivity index (χ0n) is 17.2. The average Bonchev–Trinajstić information content (AvgIpc) is 3.19. The van der Waals surface area contributed by atoms with Gasteiger partial charge in [-0.2, -0.15) is 0 Å². The van der Waals surface area contributed by atoms with E-state index >= 15 is 0 Å². The first kappa shape index (κ1) is 19.3. The second kappa shape index (κ2) is 6.67. The van der Waals surface area contributed by atoms with Crippen molar-refractivity contribution in [3.63, 3.8) is 0 Å². The molecule has 0 aromatic heterocycles. The van der Waals surface area contributed by atoms with Crippen LogP contribution < -0.4 is 0 Å². The van der Waals surface area contributed by atoms with E-state index < -0.39 is 10.0 Å². The molecule has 0 radical (unpaired) electrons. The van der Waals surface area contributed by atoms with Crippen molar-refractivity contribution in [3.05, 3.63) is 0 Å². The first-order valence-corrected chi connectivity index (χ1v) is 12.9. The van der Waals surface area contributed by atoms with Crippen molar-refractivity contribution in [2.75, 3.05) is 45.8 Å². The predicted octanol–water partition coefficient (Wildman–Crippen LogP) is 1.92. The van der Waals surface area contributed by atoms with Crippen LogP contribution in [-0.4, -0.2) is 79.5 Å². The highest BCUT2D eigenvalue weighted by Crippen LogP contribution is 2.62. The van der Waals surface area contributed by atoms with Crippen LogP contribution in [0.3, 0.4) is 0 Å². The van der Waals surface area contributed by atoms with Gasteiger partial charge in [0.05, 0.1) is 10.7 Å². The summed E-state index contributed by atoms with van der Waals surface area (Å²) in [6.45, 7) is 8.32. The molecule has 7 heteroatoms. The molecular weight excluding hydrogens is 374 g/mol. The Morgan fingerprint density at radius 1 is 1.00 bits per heavy atom. The minimum Gasteiger partial charge on any atom is -0.342 e. The highest BCUT2D eigenvalue weighted by atomic mass is 32.2. The fraction of sp³-hybridized carbons (Fsp3) is 0.952. The number of hydrogen-bond acceptors (Lipinski definition) is 4. The van der Waals surface area contributed by atoms with Crippen molar-refractivity contribution in [2.24, 2.45) is 16.7 Å². The molecule has 0 N–H and O–H groups in total. The first-order valence-electron chi connectivity index (χ1n) is 11.4. The standard InChI is InChI=1S/C21H35N3O3S/c1-2-22-15-18-20(9-13-24(14-10-20)28(26,27)17-5-6-17)7-8-21(18,16-22)19(25)23-11-3-4-12-23/h17-18H,2-16H2,1H3/t18-,21+/m1/s1. The van der Waals surface area contributed by atoms with Gasteiger partial charge in [-0.05, 0) is 69.2 Å². The molecule has 158 valence electrons. The molecular formula is C21H35N3O3S. The van der Waals surface area contributed by atoms with Gasteiger partial charge in [-0.15, -0.1) is 0 Å². The Morgan fingerprint density at radius 3 is 2.29 bits per heavy atom. The topological polar surface area (TPSA) is 60.9 Å². The van der Waals surface area contributed by atoms with Crippen molar-refractivity contribution in [1.82, 2.24) is 14.1 Å². The SMILES string of the molecule is CCN1C[C@@H]2C3(CCN(S(=O)(=O)C4CC4)CC3)CC[C@]2(C(=O)N2CCCC2)C1. The number of nitrogens with zero attached hydrogens (tertiary/aromatic N) is 3. The van der Waals surface area contributed by atoms with E-state index in [-0.39, 0.29) is 16.1 Å². The molecule has 3 heterocycles. The number of likely N-dealkylation sites (tertiary alicyclic amines) is 2. The molecule has 5 rings (SSSR count). The summed E-state index contributed by atoms with van der Waals surface area (Å²) in [7, 11) is -3.07. The van der Waals surface area contributed by atoms with Crippen LogP contribution in [0.2, 0.25) is 0 Å². The van der Waals surface area contributed by atoms with Gasteiger partial charge in [-0.1, -0.05) is 6.92 Å². The third-order valence-corrected chi connectivity index (χ3v) is 11.1. The molecule has 2 atom stereocenters. The highest BCUT2D eigenvalue weighted by molar-refractivity contribution is 7.90. The van der Waals surface area contributed by atoms with Crippen molar-refractivity contribution in [3.8, 4) is 0 Å². The maximum atomic E-state index is 13.7. The summed E-state index contributed by atoms with van der Waals surface area (Å²) in [5.74, 6) is 0.815. The Labute approximate surface area is 169 Å². The monoisotopic (exact) mass is 409 g/mol. The maximum Gasteiger partial charge on any atom is 0.230 e. The van der Waals surface area contributed by atoms with E-state index in [1.54, 1.807) is 4.31 Å². The lowest BCUT2D eigenvalue weighted by molar-refractivity contribution is -0.142. The second-order valence-corrected chi connectivity index (χ2v) is 12.3. The first-order chi connectivity index (χ1) is 13.4. The third kappa shape index (κ3) is 2.79. The third-order valence-electron chi connectivity index (χ3n) is 8.71. The van der Waals surface area contributed by atoms with E-state index in [1.807, 2.05) is 0 Å². The quantitative estimate of drug-likeness (QED) is 0.712. The van der Waals surface area contributed by atoms with E-state index in [0.717, 1.165) is 84.1 Å². The molecule has 3 saturated heterocycles. The van der Waals surface area contributed by atoms with E-state index in [1.165, 1.54) is 0 Å². The maximum absolute atomic E-state index is 13.7. The summed E-state index contributed by atoms with van der Waals surface area (Å²) in [5.41, 5.74) is -0.0488. The van der Waals surface area contributed by atoms with Crippen molar-refractivity contribution in [1.29, 1.82) is 0 Å². The highest BCUT2D eigenvalue weighted by Gasteiger charge is 2.65. The molecule has 0 aromatic carbocycles. The number of amides is 1. The van der Waals surface area contributed by atoms with Gasteiger partial charge in [0.25, 0.3) is 0 Å². The van der Waals surface area contributed by atoms with Crippen LogP contribution >= 0.6 is 0 Å². The average molecular weight is 410 g/mol. The van der Waals surface area contributed by atoms with Crippen LogP contribution in [-0.2, 0) is 14.8 Å². The molecule has 6 nitrogen and oxygen atoms in total. The fourth-order valence-electron chi connectivity index (χ4n) is 6.85. The molecule has 3 aliphatic heterocycles. The van der Waals surface area contributed by atoms with Gasteiger partial charge in [0.1, 0.15) is 0 Å². The van der Waals surface area contributed by atoms with Gasteiger partial charge in [0.2, 0.25) is 15.9 Å². The van der Waals surface area contributed by atoms with Gasteiger partial charge in [0, 0.05) is 39.3 Å². The number of carbonyl (C=O) groups is 1. The van der Waals surface area contributed by atoms with Crippen molar-refractivity contribution in [2.45, 2.75) is 63.5 Å². The Bertz CT molecular complexity index is 736.